The van der Waals surface area contributed by atoms with Crippen LogP contribution in [0, 0.1) is 44.1 Å². The molecule has 232 valence electrons. The second-order valence-electron chi connectivity index (χ2n) is 14.1. The highest BCUT2D eigenvalue weighted by Gasteiger charge is 2.68. The summed E-state index contributed by atoms with van der Waals surface area (Å²) in [7, 11) is -0.574. The van der Waals surface area contributed by atoms with Crippen LogP contribution in [0.25, 0.3) is 0 Å². The van der Waals surface area contributed by atoms with Gasteiger partial charge in [0.2, 0.25) is 11.8 Å². The lowest BCUT2D eigenvalue weighted by Gasteiger charge is -2.64. The number of amides is 2. The Kier molecular flexibility index (Phi) is 10.4. The van der Waals surface area contributed by atoms with Gasteiger partial charge in [-0.3, -0.25) is 15.0 Å². The summed E-state index contributed by atoms with van der Waals surface area (Å²) in [4.78, 5) is 37.5. The molecule has 5 N–H and O–H groups in total. The van der Waals surface area contributed by atoms with Crippen LogP contribution < -0.4 is 21.4 Å². The summed E-state index contributed by atoms with van der Waals surface area (Å²) in [5.74, 6) is -0.0440. The first-order chi connectivity index (χ1) is 19.0. The molecule has 0 aromatic heterocycles. The number of hydrazine groups is 1. The molecule has 4 aliphatic rings. The van der Waals surface area contributed by atoms with Crippen molar-refractivity contribution in [1.29, 1.82) is 5.41 Å². The Labute approximate surface area is 245 Å². The van der Waals surface area contributed by atoms with Crippen molar-refractivity contribution in [2.24, 2.45) is 28.6 Å². The fraction of sp³-hybridized carbons (Fsp3) is 0.893. The Hall–Kier alpha value is -2.41. The highest BCUT2D eigenvalue weighted by molar-refractivity contribution is 6.48. The lowest BCUT2D eigenvalue weighted by molar-refractivity contribution is -0.525. The third-order valence-electron chi connectivity index (χ3n) is 9.64. The summed E-state index contributed by atoms with van der Waals surface area (Å²) in [5, 5.41) is 26.0. The van der Waals surface area contributed by atoms with Gasteiger partial charge < -0.3 is 25.3 Å². The number of hydrogen-bond acceptors (Lipinski definition) is 7. The maximum Gasteiger partial charge on any atom is 0.481 e. The first kappa shape index (κ1) is 33.1. The Balaban J connectivity index is 1.71. The molecule has 2 amide bonds. The maximum absolute atomic E-state index is 13.8. The number of carbonyl (C=O) groups excluding carboxylic acids is 2. The monoisotopic (exact) mass is 578 g/mol. The second-order valence-corrected chi connectivity index (χ2v) is 14.1. The maximum atomic E-state index is 13.8. The molecule has 0 spiro atoms. The summed E-state index contributed by atoms with van der Waals surface area (Å²) in [6, 6.07) is -0.821. The number of hydrogen-bond donors (Lipinski definition) is 5. The third kappa shape index (κ3) is 7.52. The number of carbonyl (C=O) groups is 2. The van der Waals surface area contributed by atoms with E-state index < -0.39 is 35.2 Å². The lowest BCUT2D eigenvalue weighted by Crippen LogP contribution is -2.65. The third-order valence-corrected chi connectivity index (χ3v) is 9.64. The summed E-state index contributed by atoms with van der Waals surface area (Å²) in [6.07, 6.45) is 4.95. The van der Waals surface area contributed by atoms with Crippen LogP contribution in [0.1, 0.15) is 100 Å². The minimum absolute atomic E-state index is 0.00431. The second kappa shape index (κ2) is 12.8. The Morgan fingerprint density at radius 2 is 1.88 bits per heavy atom. The zero-order chi connectivity index (χ0) is 30.8. The van der Waals surface area contributed by atoms with E-state index in [2.05, 4.69) is 50.6 Å². The summed E-state index contributed by atoms with van der Waals surface area (Å²) in [5.41, 5.74) is 0.920. The molecule has 4 fully saturated rings. The van der Waals surface area contributed by atoms with Crippen LogP contribution in [0.5, 0.6) is 0 Å². The predicted molar refractivity (Wildman–Crippen MR) is 157 cm³/mol. The van der Waals surface area contributed by atoms with Crippen LogP contribution in [0.3, 0.4) is 0 Å². The zero-order valence-corrected chi connectivity index (χ0v) is 26.1. The van der Waals surface area contributed by atoms with Gasteiger partial charge in [0.05, 0.1) is 17.6 Å². The molecular weight excluding hydrogens is 527 g/mol. The van der Waals surface area contributed by atoms with Crippen molar-refractivity contribution in [2.45, 2.75) is 124 Å². The van der Waals surface area contributed by atoms with Crippen molar-refractivity contribution < 1.29 is 23.9 Å². The van der Waals surface area contributed by atoms with Gasteiger partial charge in [-0.2, -0.15) is 0 Å². The van der Waals surface area contributed by atoms with E-state index in [0.29, 0.717) is 31.1 Å². The van der Waals surface area contributed by atoms with Gasteiger partial charge in [-0.15, -0.1) is 0 Å². The minimum atomic E-state index is -0.821. The summed E-state index contributed by atoms with van der Waals surface area (Å²) < 4.78 is 13.2. The Morgan fingerprint density at radius 3 is 2.46 bits per heavy atom. The van der Waals surface area contributed by atoms with Crippen molar-refractivity contribution in [1.82, 2.24) is 21.4 Å². The topological polar surface area (TPSA) is 168 Å². The highest BCUT2D eigenvalue weighted by Crippen LogP contribution is 2.65. The summed E-state index contributed by atoms with van der Waals surface area (Å²) >= 11 is 0. The SMILES string of the molecule is CCCC(C)(C)C(=O)N[C@@H](CCCNC(=N)N[N+](=O)[O-])C(=O)N[C@@H](CC(C)C)B1O[C@@H]2C[C@@H]3C[C@@H](C3(C)C)[C@]2(C)O1. The van der Waals surface area contributed by atoms with E-state index in [1.54, 1.807) is 5.43 Å². The van der Waals surface area contributed by atoms with Crippen molar-refractivity contribution in [3.05, 3.63) is 10.1 Å². The van der Waals surface area contributed by atoms with Gasteiger partial charge in [-0.05, 0) is 68.6 Å². The van der Waals surface area contributed by atoms with E-state index in [0.717, 1.165) is 19.3 Å². The van der Waals surface area contributed by atoms with Crippen molar-refractivity contribution >= 4 is 24.9 Å². The lowest BCUT2D eigenvalue weighted by atomic mass is 9.43. The van der Waals surface area contributed by atoms with Gasteiger partial charge in [0.1, 0.15) is 6.04 Å². The van der Waals surface area contributed by atoms with E-state index in [-0.39, 0.29) is 48.2 Å². The molecule has 3 saturated carbocycles. The Bertz CT molecular complexity index is 993. The van der Waals surface area contributed by atoms with Crippen molar-refractivity contribution in [3.8, 4) is 0 Å². The normalized spacial score (nSPS) is 27.7. The smallest absolute Gasteiger partial charge is 0.404 e. The van der Waals surface area contributed by atoms with E-state index in [1.165, 1.54) is 0 Å². The fourth-order valence-corrected chi connectivity index (χ4v) is 7.11. The molecule has 6 atom stereocenters. The highest BCUT2D eigenvalue weighted by atomic mass is 16.7. The van der Waals surface area contributed by atoms with E-state index in [1.807, 2.05) is 20.8 Å². The zero-order valence-electron chi connectivity index (χ0n) is 26.1. The Morgan fingerprint density at radius 1 is 1.20 bits per heavy atom. The van der Waals surface area contributed by atoms with Crippen LogP contribution in [0.2, 0.25) is 0 Å². The van der Waals surface area contributed by atoms with Gasteiger partial charge >= 0.3 is 7.12 Å². The number of rotatable bonds is 14. The number of nitro groups is 1. The van der Waals surface area contributed by atoms with Gasteiger partial charge in [0.25, 0.3) is 5.96 Å². The first-order valence-electron chi connectivity index (χ1n) is 15.2. The van der Waals surface area contributed by atoms with E-state index >= 15 is 0 Å². The van der Waals surface area contributed by atoms with E-state index in [4.69, 9.17) is 14.7 Å². The van der Waals surface area contributed by atoms with Gasteiger partial charge in [-0.1, -0.05) is 60.3 Å². The number of nitrogens with zero attached hydrogens (tertiary/aromatic N) is 1. The molecule has 0 aromatic carbocycles. The molecule has 1 saturated heterocycles. The van der Waals surface area contributed by atoms with Crippen LogP contribution in [-0.2, 0) is 18.9 Å². The molecule has 1 aliphatic heterocycles. The fourth-order valence-electron chi connectivity index (χ4n) is 7.11. The van der Waals surface area contributed by atoms with Gasteiger partial charge in [-0.25, -0.2) is 10.1 Å². The molecule has 0 unspecified atom stereocenters. The standard InChI is InChI=1S/C28H51BN6O6/c1-9-12-26(4,5)24(37)32-19(11-10-13-31-25(30)34-35(38)39)23(36)33-22(14-17(2)3)29-40-21-16-18-15-20(27(18,6)7)28(21,8)41-29/h17-22H,9-16H2,1-8H3,(H,32,37)(H,33,36)(H3,30,31,34)/t18-,19-,20-,21+,22-,28-/m0/s1. The van der Waals surface area contributed by atoms with Crippen LogP contribution >= 0.6 is 0 Å². The molecule has 4 rings (SSSR count). The van der Waals surface area contributed by atoms with Gasteiger partial charge in [0.15, 0.2) is 5.03 Å². The molecule has 2 bridgehead atoms. The molecule has 3 aliphatic carbocycles. The summed E-state index contributed by atoms with van der Waals surface area (Å²) in [6.45, 7) is 16.9. The van der Waals surface area contributed by atoms with Crippen LogP contribution in [-0.4, -0.2) is 60.2 Å². The molecule has 13 heteroatoms. The average molecular weight is 579 g/mol. The number of nitrogens with one attached hydrogen (secondary N) is 5. The molecule has 12 nitrogen and oxygen atoms in total. The van der Waals surface area contributed by atoms with Crippen molar-refractivity contribution in [3.63, 3.8) is 0 Å². The van der Waals surface area contributed by atoms with E-state index in [9.17, 15) is 19.7 Å². The molecule has 0 radical (unpaired) electrons. The molecule has 0 aromatic rings. The number of guanidine groups is 1. The largest absolute Gasteiger partial charge is 0.481 e. The van der Waals surface area contributed by atoms with Crippen molar-refractivity contribution in [2.75, 3.05) is 6.54 Å². The minimum Gasteiger partial charge on any atom is -0.404 e. The molecule has 41 heavy (non-hydrogen) atoms. The average Bonchev–Trinajstić information content (AvgIpc) is 3.21. The molecule has 1 heterocycles. The van der Waals surface area contributed by atoms with Crippen LogP contribution in [0.4, 0.5) is 0 Å². The first-order valence-corrected chi connectivity index (χ1v) is 15.2. The predicted octanol–water partition coefficient (Wildman–Crippen LogP) is 3.18. The quantitative estimate of drug-likeness (QED) is 0.0523. The molecular formula is C28H51BN6O6. The van der Waals surface area contributed by atoms with Gasteiger partial charge in [0, 0.05) is 12.0 Å². The van der Waals surface area contributed by atoms with Crippen LogP contribution in [0.15, 0.2) is 0 Å².